The summed E-state index contributed by atoms with van der Waals surface area (Å²) in [6.07, 6.45) is -0.309. The second kappa shape index (κ2) is 4.49. The predicted molar refractivity (Wildman–Crippen MR) is 41.7 cm³/mol. The van der Waals surface area contributed by atoms with E-state index in [1.807, 2.05) is 22.6 Å². The molecule has 0 aromatic carbocycles. The molecule has 0 aromatic heterocycles. The van der Waals surface area contributed by atoms with Gasteiger partial charge in [-0.3, -0.25) is 5.32 Å². The van der Waals surface area contributed by atoms with Crippen LogP contribution in [0.25, 0.3) is 0 Å². The van der Waals surface area contributed by atoms with E-state index in [2.05, 4.69) is 5.32 Å². The summed E-state index contributed by atoms with van der Waals surface area (Å²) >= 11 is 2.03. The molecule has 0 aromatic rings. The average Bonchev–Trinajstić information content (AvgIpc) is 1.61. The van der Waals surface area contributed by atoms with Crippen molar-refractivity contribution in [2.24, 2.45) is 5.73 Å². The molecule has 4 heteroatoms. The molecule has 50 valence electrons. The lowest BCUT2D eigenvalue weighted by atomic mass is 10.4. The van der Waals surface area contributed by atoms with Gasteiger partial charge in [-0.15, -0.1) is 0 Å². The molecule has 2 atom stereocenters. The minimum absolute atomic E-state index is 0.0535. The molecule has 0 fully saturated rings. The van der Waals surface area contributed by atoms with E-state index in [-0.39, 0.29) is 10.3 Å². The van der Waals surface area contributed by atoms with Crippen LogP contribution in [0.2, 0.25) is 0 Å². The van der Waals surface area contributed by atoms with Gasteiger partial charge in [0.05, 0.1) is 6.10 Å². The van der Waals surface area contributed by atoms with E-state index < -0.39 is 0 Å². The Bertz CT molecular complexity index is 50.0. The third kappa shape index (κ3) is 6.61. The van der Waals surface area contributed by atoms with Gasteiger partial charge in [0.2, 0.25) is 0 Å². The molecular formula is C4H11IN2O. The smallest absolute Gasteiger partial charge is 0.108 e. The number of hydrogen-bond acceptors (Lipinski definition) is 3. The monoisotopic (exact) mass is 230 g/mol. The van der Waals surface area contributed by atoms with Crippen molar-refractivity contribution < 1.29 is 5.11 Å². The number of aliphatic hydroxyl groups is 1. The van der Waals surface area contributed by atoms with Gasteiger partial charge in [0.1, 0.15) is 4.17 Å². The summed E-state index contributed by atoms with van der Waals surface area (Å²) in [5, 5.41) is 11.5. The molecule has 0 bridgehead atoms. The average molecular weight is 230 g/mol. The second-order valence-electron chi connectivity index (χ2n) is 1.66. The molecule has 0 aliphatic rings. The Morgan fingerprint density at radius 1 is 1.88 bits per heavy atom. The molecular weight excluding hydrogens is 219 g/mol. The van der Waals surface area contributed by atoms with Crippen LogP contribution in [0.5, 0.6) is 0 Å². The van der Waals surface area contributed by atoms with Gasteiger partial charge >= 0.3 is 0 Å². The van der Waals surface area contributed by atoms with Crippen molar-refractivity contribution in [1.82, 2.24) is 5.32 Å². The number of nitrogens with one attached hydrogen (secondary N) is 1. The zero-order chi connectivity index (χ0) is 6.57. The Labute approximate surface area is 62.8 Å². The molecule has 0 radical (unpaired) electrons. The van der Waals surface area contributed by atoms with E-state index in [1.165, 1.54) is 0 Å². The molecule has 0 saturated carbocycles. The largest absolute Gasteiger partial charge is 0.392 e. The SMILES string of the molecule is C[C@@H](O)CNC(N)I. The molecule has 0 amide bonds. The Morgan fingerprint density at radius 3 is 2.50 bits per heavy atom. The van der Waals surface area contributed by atoms with Crippen LogP contribution in [0.15, 0.2) is 0 Å². The Hall–Kier alpha value is 0.610. The van der Waals surface area contributed by atoms with Crippen molar-refractivity contribution in [3.05, 3.63) is 0 Å². The first-order valence-electron chi connectivity index (χ1n) is 2.44. The van der Waals surface area contributed by atoms with Gasteiger partial charge < -0.3 is 10.8 Å². The lowest BCUT2D eigenvalue weighted by Crippen LogP contribution is -2.36. The number of halogens is 1. The first kappa shape index (κ1) is 8.61. The van der Waals surface area contributed by atoms with Crippen LogP contribution in [-0.4, -0.2) is 21.9 Å². The van der Waals surface area contributed by atoms with Gasteiger partial charge in [-0.1, -0.05) is 0 Å². The molecule has 0 aliphatic carbocycles. The van der Waals surface area contributed by atoms with Crippen LogP contribution >= 0.6 is 22.6 Å². The van der Waals surface area contributed by atoms with Crippen LogP contribution in [0.4, 0.5) is 0 Å². The lowest BCUT2D eigenvalue weighted by molar-refractivity contribution is 0.191. The molecule has 8 heavy (non-hydrogen) atoms. The molecule has 1 unspecified atom stereocenters. The summed E-state index contributed by atoms with van der Waals surface area (Å²) in [7, 11) is 0. The summed E-state index contributed by atoms with van der Waals surface area (Å²) in [6.45, 7) is 2.27. The maximum Gasteiger partial charge on any atom is 0.108 e. The predicted octanol–water partition coefficient (Wildman–Crippen LogP) is -0.366. The standard InChI is InChI=1S/C4H11IN2O/c1-3(8)2-7-4(5)6/h3-4,7-8H,2,6H2,1H3/t3-,4?/m1/s1. The van der Waals surface area contributed by atoms with Crippen LogP contribution in [0.3, 0.4) is 0 Å². The van der Waals surface area contributed by atoms with Crippen LogP contribution in [-0.2, 0) is 0 Å². The van der Waals surface area contributed by atoms with Crippen LogP contribution in [0.1, 0.15) is 6.92 Å². The number of rotatable bonds is 3. The highest BCUT2D eigenvalue weighted by atomic mass is 127. The summed E-state index contributed by atoms with van der Waals surface area (Å²) in [6, 6.07) is 0. The van der Waals surface area contributed by atoms with E-state index in [4.69, 9.17) is 10.8 Å². The van der Waals surface area contributed by atoms with Crippen molar-refractivity contribution >= 4 is 22.6 Å². The Morgan fingerprint density at radius 2 is 2.38 bits per heavy atom. The fourth-order valence-corrected chi connectivity index (χ4v) is 0.537. The van der Waals surface area contributed by atoms with Crippen molar-refractivity contribution in [2.45, 2.75) is 17.2 Å². The highest BCUT2D eigenvalue weighted by Gasteiger charge is 1.96. The molecule has 0 heterocycles. The Kier molecular flexibility index (Phi) is 4.83. The van der Waals surface area contributed by atoms with Crippen molar-refractivity contribution in [1.29, 1.82) is 0 Å². The lowest BCUT2D eigenvalue weighted by Gasteiger charge is -2.07. The molecule has 3 nitrogen and oxygen atoms in total. The summed E-state index contributed by atoms with van der Waals surface area (Å²) in [5.41, 5.74) is 5.31. The van der Waals surface area contributed by atoms with Gasteiger partial charge in [0, 0.05) is 6.54 Å². The summed E-state index contributed by atoms with van der Waals surface area (Å²) in [5.74, 6) is 0. The van der Waals surface area contributed by atoms with Gasteiger partial charge in [-0.25, -0.2) is 0 Å². The van der Waals surface area contributed by atoms with Crippen LogP contribution in [0, 0.1) is 0 Å². The van der Waals surface area contributed by atoms with Crippen LogP contribution < -0.4 is 11.1 Å². The third-order valence-electron chi connectivity index (χ3n) is 0.608. The van der Waals surface area contributed by atoms with Gasteiger partial charge in [0.25, 0.3) is 0 Å². The second-order valence-corrected chi connectivity index (χ2v) is 3.00. The first-order chi connectivity index (χ1) is 3.63. The third-order valence-corrected chi connectivity index (χ3v) is 1.05. The molecule has 0 saturated heterocycles. The molecule has 4 N–H and O–H groups in total. The minimum atomic E-state index is -0.309. The number of nitrogens with two attached hydrogens (primary N) is 1. The van der Waals surface area contributed by atoms with E-state index in [0.29, 0.717) is 6.54 Å². The zero-order valence-electron chi connectivity index (χ0n) is 4.76. The van der Waals surface area contributed by atoms with E-state index >= 15 is 0 Å². The fraction of sp³-hybridized carbons (Fsp3) is 1.00. The highest BCUT2D eigenvalue weighted by Crippen LogP contribution is 1.84. The minimum Gasteiger partial charge on any atom is -0.392 e. The quantitative estimate of drug-likeness (QED) is 0.268. The fourth-order valence-electron chi connectivity index (χ4n) is 0.283. The van der Waals surface area contributed by atoms with E-state index in [0.717, 1.165) is 0 Å². The maximum atomic E-state index is 8.68. The van der Waals surface area contributed by atoms with Crippen molar-refractivity contribution in [3.8, 4) is 0 Å². The number of hydrogen-bond donors (Lipinski definition) is 3. The summed E-state index contributed by atoms with van der Waals surface area (Å²) in [4.78, 5) is 0. The number of alkyl halides is 1. The van der Waals surface area contributed by atoms with Gasteiger partial charge in [-0.05, 0) is 29.5 Å². The number of aliphatic hydroxyl groups excluding tert-OH is 1. The molecule has 0 spiro atoms. The molecule has 0 aliphatic heterocycles. The van der Waals surface area contributed by atoms with Gasteiger partial charge in [0.15, 0.2) is 0 Å². The van der Waals surface area contributed by atoms with Gasteiger partial charge in [-0.2, -0.15) is 0 Å². The van der Waals surface area contributed by atoms with Crippen molar-refractivity contribution in [2.75, 3.05) is 6.54 Å². The normalized spacial score (nSPS) is 18.0. The van der Waals surface area contributed by atoms with Crippen molar-refractivity contribution in [3.63, 3.8) is 0 Å². The molecule has 0 rings (SSSR count). The van der Waals surface area contributed by atoms with E-state index in [9.17, 15) is 0 Å². The zero-order valence-corrected chi connectivity index (χ0v) is 6.92. The summed E-state index contributed by atoms with van der Waals surface area (Å²) < 4.78 is -0.0535. The Balaban J connectivity index is 2.93. The topological polar surface area (TPSA) is 58.3 Å². The first-order valence-corrected chi connectivity index (χ1v) is 3.68. The highest BCUT2D eigenvalue weighted by molar-refractivity contribution is 14.1. The maximum absolute atomic E-state index is 8.68. The van der Waals surface area contributed by atoms with E-state index in [1.54, 1.807) is 6.92 Å².